The number of aromatic nitrogens is 1. The highest BCUT2D eigenvalue weighted by molar-refractivity contribution is 14.1. The normalized spacial score (nSPS) is 10.0. The van der Waals surface area contributed by atoms with Gasteiger partial charge in [-0.05, 0) is 59.0 Å². The quantitative estimate of drug-likeness (QED) is 0.789. The van der Waals surface area contributed by atoms with Gasteiger partial charge in [-0.25, -0.2) is 0 Å². The smallest absolute Gasteiger partial charge is 0.258 e. The van der Waals surface area contributed by atoms with E-state index in [1.807, 2.05) is 36.4 Å². The van der Waals surface area contributed by atoms with Crippen molar-refractivity contribution in [3.8, 4) is 0 Å². The summed E-state index contributed by atoms with van der Waals surface area (Å²) in [5, 5.41) is 0. The molecule has 0 unspecified atom stereocenters. The molecule has 0 saturated heterocycles. The molecule has 3 nitrogen and oxygen atoms in total. The summed E-state index contributed by atoms with van der Waals surface area (Å²) >= 11 is 2.21. The van der Waals surface area contributed by atoms with Crippen LogP contribution in [0.25, 0.3) is 0 Å². The lowest BCUT2D eigenvalue weighted by Crippen LogP contribution is -2.26. The molecular weight excluding hydrogens is 327 g/mol. The van der Waals surface area contributed by atoms with Gasteiger partial charge in [-0.2, -0.15) is 0 Å². The lowest BCUT2D eigenvalue weighted by atomic mass is 10.2. The number of carbonyl (C=O) groups excluding carboxylic acids is 1. The Bertz CT molecular complexity index is 511. The molecule has 0 aliphatic rings. The maximum atomic E-state index is 12.2. The molecule has 0 aliphatic carbocycles. The Morgan fingerprint density at radius 3 is 2.53 bits per heavy atom. The average Bonchev–Trinajstić information content (AvgIpc) is 2.39. The molecule has 0 bridgehead atoms. The molecule has 0 saturated carbocycles. The van der Waals surface area contributed by atoms with Crippen LogP contribution in [0, 0.1) is 3.57 Å². The van der Waals surface area contributed by atoms with E-state index in [9.17, 15) is 4.79 Å². The predicted octanol–water partition coefficient (Wildman–Crippen LogP) is 2.96. The first-order valence-electron chi connectivity index (χ1n) is 5.12. The molecule has 0 aliphatic heterocycles. The topological polar surface area (TPSA) is 33.2 Å². The summed E-state index contributed by atoms with van der Waals surface area (Å²) in [4.78, 5) is 17.7. The SMILES string of the molecule is CN(C(=O)c1ccc(I)cc1)c1cccnc1. The number of amides is 1. The van der Waals surface area contributed by atoms with E-state index >= 15 is 0 Å². The Balaban J connectivity index is 2.23. The predicted molar refractivity (Wildman–Crippen MR) is 76.1 cm³/mol. The van der Waals surface area contributed by atoms with Gasteiger partial charge in [0.1, 0.15) is 0 Å². The van der Waals surface area contributed by atoms with Crippen LogP contribution in [0.15, 0.2) is 48.8 Å². The van der Waals surface area contributed by atoms with Crippen molar-refractivity contribution in [3.05, 3.63) is 57.9 Å². The second kappa shape index (κ2) is 5.27. The highest BCUT2D eigenvalue weighted by Crippen LogP contribution is 2.14. The summed E-state index contributed by atoms with van der Waals surface area (Å²) in [5.74, 6) is -0.0330. The summed E-state index contributed by atoms with van der Waals surface area (Å²) < 4.78 is 1.11. The molecule has 2 aromatic rings. The third kappa shape index (κ3) is 2.82. The Morgan fingerprint density at radius 1 is 1.24 bits per heavy atom. The van der Waals surface area contributed by atoms with Crippen molar-refractivity contribution in [3.63, 3.8) is 0 Å². The summed E-state index contributed by atoms with van der Waals surface area (Å²) in [7, 11) is 1.75. The maximum Gasteiger partial charge on any atom is 0.258 e. The molecule has 0 fully saturated rings. The van der Waals surface area contributed by atoms with Gasteiger partial charge in [0.05, 0.1) is 11.9 Å². The van der Waals surface area contributed by atoms with E-state index in [2.05, 4.69) is 27.6 Å². The second-order valence-electron chi connectivity index (χ2n) is 3.58. The first-order valence-corrected chi connectivity index (χ1v) is 6.20. The number of carbonyl (C=O) groups is 1. The Hall–Kier alpha value is -1.43. The summed E-state index contributed by atoms with van der Waals surface area (Å²) in [6.07, 6.45) is 3.36. The van der Waals surface area contributed by atoms with Gasteiger partial charge in [0, 0.05) is 22.4 Å². The van der Waals surface area contributed by atoms with Gasteiger partial charge in [0.2, 0.25) is 0 Å². The number of pyridine rings is 1. The number of benzene rings is 1. The molecule has 2 rings (SSSR count). The van der Waals surface area contributed by atoms with Crippen LogP contribution in [0.5, 0.6) is 0 Å². The number of hydrogen-bond acceptors (Lipinski definition) is 2. The first-order chi connectivity index (χ1) is 8.18. The summed E-state index contributed by atoms with van der Waals surface area (Å²) in [6.45, 7) is 0. The second-order valence-corrected chi connectivity index (χ2v) is 4.83. The standard InChI is InChI=1S/C13H11IN2O/c1-16(12-3-2-8-15-9-12)13(17)10-4-6-11(14)7-5-10/h2-9H,1H3. The van der Waals surface area contributed by atoms with Gasteiger partial charge in [-0.3, -0.25) is 9.78 Å². The van der Waals surface area contributed by atoms with E-state index in [1.54, 1.807) is 24.3 Å². The van der Waals surface area contributed by atoms with E-state index in [4.69, 9.17) is 0 Å². The highest BCUT2D eigenvalue weighted by atomic mass is 127. The van der Waals surface area contributed by atoms with Crippen LogP contribution in [0.1, 0.15) is 10.4 Å². The van der Waals surface area contributed by atoms with E-state index in [0.717, 1.165) is 9.26 Å². The lowest BCUT2D eigenvalue weighted by molar-refractivity contribution is 0.0993. The molecule has 86 valence electrons. The Kier molecular flexibility index (Phi) is 3.73. The van der Waals surface area contributed by atoms with E-state index in [0.29, 0.717) is 5.56 Å². The largest absolute Gasteiger partial charge is 0.310 e. The van der Waals surface area contributed by atoms with Crippen molar-refractivity contribution < 1.29 is 4.79 Å². The lowest BCUT2D eigenvalue weighted by Gasteiger charge is -2.16. The van der Waals surface area contributed by atoms with Gasteiger partial charge < -0.3 is 4.90 Å². The molecule has 0 N–H and O–H groups in total. The van der Waals surface area contributed by atoms with Crippen LogP contribution in [0.2, 0.25) is 0 Å². The fraction of sp³-hybridized carbons (Fsp3) is 0.0769. The average molecular weight is 338 g/mol. The minimum Gasteiger partial charge on any atom is -0.310 e. The van der Waals surface area contributed by atoms with E-state index in [1.165, 1.54) is 0 Å². The number of anilines is 1. The van der Waals surface area contributed by atoms with Gasteiger partial charge in [-0.15, -0.1) is 0 Å². The van der Waals surface area contributed by atoms with Crippen molar-refractivity contribution in [2.24, 2.45) is 0 Å². The zero-order chi connectivity index (χ0) is 12.3. The summed E-state index contributed by atoms with van der Waals surface area (Å²) in [6, 6.07) is 11.2. The first kappa shape index (κ1) is 12.0. The van der Waals surface area contributed by atoms with E-state index in [-0.39, 0.29) is 5.91 Å². The maximum absolute atomic E-state index is 12.2. The van der Waals surface area contributed by atoms with Gasteiger partial charge in [0.25, 0.3) is 5.91 Å². The molecule has 1 amide bonds. The molecule has 1 heterocycles. The van der Waals surface area contributed by atoms with Crippen LogP contribution in [0.3, 0.4) is 0 Å². The number of halogens is 1. The molecule has 0 atom stereocenters. The highest BCUT2D eigenvalue weighted by Gasteiger charge is 2.12. The van der Waals surface area contributed by atoms with Crippen molar-refractivity contribution >= 4 is 34.2 Å². The molecule has 0 spiro atoms. The Morgan fingerprint density at radius 2 is 1.94 bits per heavy atom. The summed E-state index contributed by atoms with van der Waals surface area (Å²) in [5.41, 5.74) is 1.47. The van der Waals surface area contributed by atoms with E-state index < -0.39 is 0 Å². The van der Waals surface area contributed by atoms with Crippen molar-refractivity contribution in [1.82, 2.24) is 4.98 Å². The third-order valence-electron chi connectivity index (χ3n) is 2.43. The number of hydrogen-bond donors (Lipinski definition) is 0. The monoisotopic (exact) mass is 338 g/mol. The van der Waals surface area contributed by atoms with Gasteiger partial charge in [0.15, 0.2) is 0 Å². The van der Waals surface area contributed by atoms with Gasteiger partial charge in [-0.1, -0.05) is 0 Å². The van der Waals surface area contributed by atoms with Crippen LogP contribution in [0.4, 0.5) is 5.69 Å². The minimum absolute atomic E-state index is 0.0330. The van der Waals surface area contributed by atoms with Crippen LogP contribution in [-0.4, -0.2) is 17.9 Å². The van der Waals surface area contributed by atoms with Gasteiger partial charge >= 0.3 is 0 Å². The van der Waals surface area contributed by atoms with Crippen LogP contribution < -0.4 is 4.90 Å². The Labute approximate surface area is 114 Å². The fourth-order valence-electron chi connectivity index (χ4n) is 1.46. The zero-order valence-corrected chi connectivity index (χ0v) is 11.5. The molecule has 1 aromatic carbocycles. The molecule has 1 aromatic heterocycles. The zero-order valence-electron chi connectivity index (χ0n) is 9.30. The fourth-order valence-corrected chi connectivity index (χ4v) is 1.82. The van der Waals surface area contributed by atoms with Crippen LogP contribution >= 0.6 is 22.6 Å². The molecule has 4 heteroatoms. The third-order valence-corrected chi connectivity index (χ3v) is 3.15. The van der Waals surface area contributed by atoms with Crippen molar-refractivity contribution in [1.29, 1.82) is 0 Å². The molecule has 17 heavy (non-hydrogen) atoms. The minimum atomic E-state index is -0.0330. The molecular formula is C13H11IN2O. The van der Waals surface area contributed by atoms with Crippen LogP contribution in [-0.2, 0) is 0 Å². The number of nitrogens with zero attached hydrogens (tertiary/aromatic N) is 2. The van der Waals surface area contributed by atoms with Crippen molar-refractivity contribution in [2.75, 3.05) is 11.9 Å². The van der Waals surface area contributed by atoms with Crippen molar-refractivity contribution in [2.45, 2.75) is 0 Å². The number of rotatable bonds is 2. The molecule has 0 radical (unpaired) electrons.